The minimum atomic E-state index is -0.211. The van der Waals surface area contributed by atoms with E-state index in [2.05, 4.69) is 4.74 Å². The maximum Gasteiger partial charge on any atom is 1.00 e. The molecule has 0 spiro atoms. The molecule has 38 valence electrons. The van der Waals surface area contributed by atoms with Crippen LogP contribution in [-0.2, 0) is 9.53 Å². The van der Waals surface area contributed by atoms with Gasteiger partial charge >= 0.3 is 57.4 Å². The third-order valence-corrected chi connectivity index (χ3v) is 0.348. The zero-order valence-electron chi connectivity index (χ0n) is 6.02. The van der Waals surface area contributed by atoms with Crippen molar-refractivity contribution >= 4 is 5.97 Å². The van der Waals surface area contributed by atoms with E-state index in [1.54, 1.807) is 6.92 Å². The predicted octanol–water partition coefficient (Wildman–Crippen LogP) is -2.31. The summed E-state index contributed by atoms with van der Waals surface area (Å²) < 4.78 is 4.40. The average molecular weight is 128 g/mol. The SMILES string of the molecule is CCOC(C)=O.[H-].[K+]. The van der Waals surface area contributed by atoms with Crippen molar-refractivity contribution in [2.45, 2.75) is 13.8 Å². The molecule has 0 amide bonds. The van der Waals surface area contributed by atoms with Crippen LogP contribution in [0.25, 0.3) is 0 Å². The van der Waals surface area contributed by atoms with Gasteiger partial charge in [-0.15, -0.1) is 0 Å². The van der Waals surface area contributed by atoms with Crippen LogP contribution < -0.4 is 51.4 Å². The van der Waals surface area contributed by atoms with Gasteiger partial charge < -0.3 is 6.16 Å². The molecule has 0 aromatic rings. The molecule has 0 heterocycles. The molecular weight excluding hydrogens is 119 g/mol. The molecule has 0 radical (unpaired) electrons. The first-order chi connectivity index (χ1) is 2.77. The summed E-state index contributed by atoms with van der Waals surface area (Å²) in [7, 11) is 0. The third kappa shape index (κ3) is 11.0. The molecule has 0 saturated carbocycles. The first kappa shape index (κ1) is 11.0. The predicted molar refractivity (Wildman–Crippen MR) is 23.4 cm³/mol. The first-order valence-electron chi connectivity index (χ1n) is 1.90. The maximum atomic E-state index is 9.82. The summed E-state index contributed by atoms with van der Waals surface area (Å²) in [4.78, 5) is 9.82. The molecule has 0 bridgehead atoms. The number of hydrogen-bond acceptors (Lipinski definition) is 2. The van der Waals surface area contributed by atoms with Crippen LogP contribution in [0.5, 0.6) is 0 Å². The number of ether oxygens (including phenoxy) is 1. The fourth-order valence-corrected chi connectivity index (χ4v) is 0.203. The van der Waals surface area contributed by atoms with E-state index in [1.807, 2.05) is 0 Å². The molecule has 0 atom stereocenters. The number of carbonyl (C=O) groups excluding carboxylic acids is 1. The van der Waals surface area contributed by atoms with Crippen LogP contribution in [0, 0.1) is 0 Å². The Morgan fingerprint density at radius 2 is 2.29 bits per heavy atom. The topological polar surface area (TPSA) is 26.3 Å². The van der Waals surface area contributed by atoms with Crippen molar-refractivity contribution in [1.82, 2.24) is 0 Å². The van der Waals surface area contributed by atoms with Crippen LogP contribution >= 0.6 is 0 Å². The second-order valence-corrected chi connectivity index (χ2v) is 0.925. The maximum absolute atomic E-state index is 9.82. The number of carbonyl (C=O) groups is 1. The number of esters is 1. The molecular formula is C4H9KO2. The quantitative estimate of drug-likeness (QED) is 0.293. The largest absolute Gasteiger partial charge is 1.00 e. The fraction of sp³-hybridized carbons (Fsp3) is 0.750. The van der Waals surface area contributed by atoms with Crippen LogP contribution in [-0.4, -0.2) is 12.6 Å². The van der Waals surface area contributed by atoms with Crippen molar-refractivity contribution < 1.29 is 62.3 Å². The smallest absolute Gasteiger partial charge is 1.00 e. The molecule has 0 aliphatic rings. The van der Waals surface area contributed by atoms with Gasteiger partial charge in [0.2, 0.25) is 0 Å². The number of rotatable bonds is 1. The van der Waals surface area contributed by atoms with E-state index < -0.39 is 0 Å². The molecule has 7 heavy (non-hydrogen) atoms. The van der Waals surface area contributed by atoms with Crippen LogP contribution in [0.3, 0.4) is 0 Å². The van der Waals surface area contributed by atoms with Crippen molar-refractivity contribution in [2.75, 3.05) is 6.61 Å². The standard InChI is InChI=1S/C4H8O2.K.H/c1-3-6-4(2)5;;/h3H2,1-2H3;;/q;+1;-1. The Labute approximate surface area is 87.5 Å². The van der Waals surface area contributed by atoms with Crippen LogP contribution in [0.2, 0.25) is 0 Å². The molecule has 0 aliphatic heterocycles. The Hall–Kier alpha value is 1.11. The summed E-state index contributed by atoms with van der Waals surface area (Å²) in [6, 6.07) is 0. The Morgan fingerprint density at radius 3 is 2.29 bits per heavy atom. The van der Waals surface area contributed by atoms with Crippen LogP contribution in [0.15, 0.2) is 0 Å². The van der Waals surface area contributed by atoms with Crippen LogP contribution in [0.4, 0.5) is 0 Å². The van der Waals surface area contributed by atoms with Crippen LogP contribution in [0.1, 0.15) is 15.3 Å². The van der Waals surface area contributed by atoms with Crippen molar-refractivity contribution in [3.63, 3.8) is 0 Å². The monoisotopic (exact) mass is 128 g/mol. The third-order valence-electron chi connectivity index (χ3n) is 0.348. The van der Waals surface area contributed by atoms with Gasteiger partial charge in [-0.05, 0) is 6.92 Å². The average Bonchev–Trinajstić information content (AvgIpc) is 1.35. The molecule has 0 unspecified atom stereocenters. The molecule has 0 aromatic heterocycles. The summed E-state index contributed by atoms with van der Waals surface area (Å²) in [5, 5.41) is 0. The van der Waals surface area contributed by atoms with E-state index in [1.165, 1.54) is 6.92 Å². The minimum absolute atomic E-state index is 0. The molecule has 0 rings (SSSR count). The second kappa shape index (κ2) is 7.11. The van der Waals surface area contributed by atoms with Gasteiger partial charge in [0.15, 0.2) is 0 Å². The molecule has 0 aromatic carbocycles. The summed E-state index contributed by atoms with van der Waals surface area (Å²) >= 11 is 0. The Kier molecular flexibility index (Phi) is 11.1. The van der Waals surface area contributed by atoms with E-state index in [0.717, 1.165) is 0 Å². The number of hydrogen-bond donors (Lipinski definition) is 0. The Balaban J connectivity index is -0.000000125. The summed E-state index contributed by atoms with van der Waals surface area (Å²) in [5.74, 6) is -0.211. The van der Waals surface area contributed by atoms with Gasteiger partial charge in [-0.1, -0.05) is 0 Å². The minimum Gasteiger partial charge on any atom is -1.00 e. The van der Waals surface area contributed by atoms with Gasteiger partial charge in [0, 0.05) is 6.92 Å². The zero-order chi connectivity index (χ0) is 4.99. The zero-order valence-corrected chi connectivity index (χ0v) is 8.15. The summed E-state index contributed by atoms with van der Waals surface area (Å²) in [6.07, 6.45) is 0. The van der Waals surface area contributed by atoms with Gasteiger partial charge in [0.25, 0.3) is 0 Å². The second-order valence-electron chi connectivity index (χ2n) is 0.925. The van der Waals surface area contributed by atoms with Gasteiger partial charge in [-0.25, -0.2) is 0 Å². The van der Waals surface area contributed by atoms with E-state index in [9.17, 15) is 4.79 Å². The summed E-state index contributed by atoms with van der Waals surface area (Å²) in [5.41, 5.74) is 0. The van der Waals surface area contributed by atoms with Crippen molar-refractivity contribution in [2.24, 2.45) is 0 Å². The van der Waals surface area contributed by atoms with E-state index >= 15 is 0 Å². The van der Waals surface area contributed by atoms with Crippen molar-refractivity contribution in [1.29, 1.82) is 0 Å². The van der Waals surface area contributed by atoms with Crippen molar-refractivity contribution in [3.8, 4) is 0 Å². The molecule has 0 N–H and O–H groups in total. The molecule has 2 nitrogen and oxygen atoms in total. The van der Waals surface area contributed by atoms with Gasteiger partial charge in [0.1, 0.15) is 0 Å². The Morgan fingerprint density at radius 1 is 1.86 bits per heavy atom. The first-order valence-corrected chi connectivity index (χ1v) is 1.90. The summed E-state index contributed by atoms with van der Waals surface area (Å²) in [6.45, 7) is 3.65. The fourth-order valence-electron chi connectivity index (χ4n) is 0.203. The van der Waals surface area contributed by atoms with E-state index in [4.69, 9.17) is 0 Å². The van der Waals surface area contributed by atoms with E-state index in [-0.39, 0.29) is 58.8 Å². The Bertz CT molecular complexity index is 58.0. The van der Waals surface area contributed by atoms with Gasteiger partial charge in [-0.3, -0.25) is 4.79 Å². The molecule has 3 heteroatoms. The molecule has 0 aliphatic carbocycles. The normalized spacial score (nSPS) is 6.57. The van der Waals surface area contributed by atoms with Gasteiger partial charge in [-0.2, -0.15) is 0 Å². The van der Waals surface area contributed by atoms with E-state index in [0.29, 0.717) is 6.61 Å². The van der Waals surface area contributed by atoms with Crippen molar-refractivity contribution in [3.05, 3.63) is 0 Å². The molecule has 0 saturated heterocycles. The molecule has 0 fully saturated rings. The van der Waals surface area contributed by atoms with Gasteiger partial charge in [0.05, 0.1) is 6.61 Å².